The molecule has 2 aromatic rings. The second kappa shape index (κ2) is 8.60. The van der Waals surface area contributed by atoms with Gasteiger partial charge in [0.05, 0.1) is 12.4 Å². The fourth-order valence-corrected chi connectivity index (χ4v) is 2.70. The predicted molar refractivity (Wildman–Crippen MR) is 93.2 cm³/mol. The van der Waals surface area contributed by atoms with E-state index in [4.69, 9.17) is 16.3 Å². The number of rotatable bonds is 6. The van der Waals surface area contributed by atoms with E-state index in [2.05, 4.69) is 5.32 Å². The maximum absolute atomic E-state index is 12.1. The van der Waals surface area contributed by atoms with Crippen LogP contribution in [0.25, 0.3) is 0 Å². The van der Waals surface area contributed by atoms with Crippen LogP contribution in [0.3, 0.4) is 0 Å². The molecule has 2 rings (SSSR count). The van der Waals surface area contributed by atoms with Gasteiger partial charge in [-0.05, 0) is 49.4 Å². The number of ether oxygens (including phenoxy) is 1. The van der Waals surface area contributed by atoms with Crippen LogP contribution in [0.2, 0.25) is 5.02 Å². The molecular formula is C17H16ClNO3S. The number of thioether (sulfide) groups is 1. The molecule has 0 radical (unpaired) electrons. The molecule has 23 heavy (non-hydrogen) atoms. The van der Waals surface area contributed by atoms with Gasteiger partial charge in [0.2, 0.25) is 0 Å². The van der Waals surface area contributed by atoms with Crippen molar-refractivity contribution in [3.63, 3.8) is 0 Å². The molecule has 0 aliphatic heterocycles. The first-order valence-electron chi connectivity index (χ1n) is 7.04. The van der Waals surface area contributed by atoms with Gasteiger partial charge in [-0.1, -0.05) is 17.7 Å². The monoisotopic (exact) mass is 349 g/mol. The number of esters is 1. The Balaban J connectivity index is 1.92. The molecule has 0 fully saturated rings. The standard InChI is InChI=1S/C17H16ClNO3S/c1-2-22-16(20)11-23-15-8-6-14(7-9-15)19-17(21)12-4-3-5-13(18)10-12/h3-10H,2,11H2,1H3,(H,19,21). The molecule has 6 heteroatoms. The number of benzene rings is 2. The van der Waals surface area contributed by atoms with Crippen molar-refractivity contribution >= 4 is 40.9 Å². The zero-order valence-corrected chi connectivity index (χ0v) is 14.1. The topological polar surface area (TPSA) is 55.4 Å². The van der Waals surface area contributed by atoms with E-state index in [0.717, 1.165) is 4.90 Å². The summed E-state index contributed by atoms with van der Waals surface area (Å²) in [6.45, 7) is 2.16. The molecule has 0 aliphatic carbocycles. The number of hydrogen-bond donors (Lipinski definition) is 1. The second-order valence-corrected chi connectivity index (χ2v) is 6.07. The van der Waals surface area contributed by atoms with Crippen LogP contribution >= 0.6 is 23.4 Å². The van der Waals surface area contributed by atoms with E-state index in [9.17, 15) is 9.59 Å². The predicted octanol–water partition coefficient (Wildman–Crippen LogP) is 4.25. The summed E-state index contributed by atoms with van der Waals surface area (Å²) >= 11 is 7.26. The molecule has 1 amide bonds. The maximum Gasteiger partial charge on any atom is 0.316 e. The lowest BCUT2D eigenvalue weighted by molar-refractivity contribution is -0.139. The van der Waals surface area contributed by atoms with Crippen LogP contribution in [0, 0.1) is 0 Å². The number of anilines is 1. The summed E-state index contributed by atoms with van der Waals surface area (Å²) in [4.78, 5) is 24.3. The van der Waals surface area contributed by atoms with Gasteiger partial charge in [0, 0.05) is 21.2 Å². The Bertz CT molecular complexity index is 688. The molecule has 0 unspecified atom stereocenters. The van der Waals surface area contributed by atoms with Gasteiger partial charge in [-0.2, -0.15) is 0 Å². The summed E-state index contributed by atoms with van der Waals surface area (Å²) in [5.74, 6) is -0.197. The number of halogens is 1. The van der Waals surface area contributed by atoms with Crippen molar-refractivity contribution in [3.8, 4) is 0 Å². The van der Waals surface area contributed by atoms with Crippen molar-refractivity contribution in [2.24, 2.45) is 0 Å². The first-order valence-corrected chi connectivity index (χ1v) is 8.40. The van der Waals surface area contributed by atoms with E-state index in [1.165, 1.54) is 11.8 Å². The minimum absolute atomic E-state index is 0.223. The zero-order chi connectivity index (χ0) is 16.7. The van der Waals surface area contributed by atoms with Crippen LogP contribution in [-0.2, 0) is 9.53 Å². The van der Waals surface area contributed by atoms with Crippen LogP contribution in [0.4, 0.5) is 5.69 Å². The van der Waals surface area contributed by atoms with Crippen molar-refractivity contribution in [1.82, 2.24) is 0 Å². The Kier molecular flexibility index (Phi) is 6.50. The highest BCUT2D eigenvalue weighted by molar-refractivity contribution is 8.00. The van der Waals surface area contributed by atoms with Gasteiger partial charge in [0.1, 0.15) is 0 Å². The van der Waals surface area contributed by atoms with Crippen LogP contribution in [-0.4, -0.2) is 24.2 Å². The highest BCUT2D eigenvalue weighted by atomic mass is 35.5. The molecule has 2 aromatic carbocycles. The average Bonchev–Trinajstić information content (AvgIpc) is 2.54. The second-order valence-electron chi connectivity index (χ2n) is 4.58. The lowest BCUT2D eigenvalue weighted by Gasteiger charge is -2.07. The first kappa shape index (κ1) is 17.4. The molecule has 1 N–H and O–H groups in total. The van der Waals surface area contributed by atoms with Gasteiger partial charge in [-0.3, -0.25) is 9.59 Å². The number of carbonyl (C=O) groups excluding carboxylic acids is 2. The van der Waals surface area contributed by atoms with Crippen molar-refractivity contribution in [2.75, 3.05) is 17.7 Å². The van der Waals surface area contributed by atoms with Crippen molar-refractivity contribution in [2.45, 2.75) is 11.8 Å². The van der Waals surface area contributed by atoms with E-state index in [-0.39, 0.29) is 17.6 Å². The largest absolute Gasteiger partial charge is 0.465 e. The Morgan fingerprint density at radius 1 is 1.17 bits per heavy atom. The van der Waals surface area contributed by atoms with Gasteiger partial charge < -0.3 is 10.1 Å². The Morgan fingerprint density at radius 3 is 2.57 bits per heavy atom. The van der Waals surface area contributed by atoms with E-state index < -0.39 is 0 Å². The molecule has 120 valence electrons. The normalized spacial score (nSPS) is 10.2. The molecule has 0 saturated carbocycles. The molecule has 0 bridgehead atoms. The van der Waals surface area contributed by atoms with Gasteiger partial charge in [0.15, 0.2) is 0 Å². The molecule has 0 spiro atoms. The van der Waals surface area contributed by atoms with Crippen LogP contribution in [0.5, 0.6) is 0 Å². The number of amides is 1. The third kappa shape index (κ3) is 5.62. The van der Waals surface area contributed by atoms with Gasteiger partial charge in [-0.25, -0.2) is 0 Å². The van der Waals surface area contributed by atoms with Crippen molar-refractivity contribution in [1.29, 1.82) is 0 Å². The smallest absolute Gasteiger partial charge is 0.316 e. The lowest BCUT2D eigenvalue weighted by atomic mass is 10.2. The Hall–Kier alpha value is -1.98. The van der Waals surface area contributed by atoms with Crippen molar-refractivity contribution in [3.05, 3.63) is 59.1 Å². The van der Waals surface area contributed by atoms with Crippen LogP contribution in [0.1, 0.15) is 17.3 Å². The van der Waals surface area contributed by atoms with Gasteiger partial charge in [-0.15, -0.1) is 11.8 Å². The Morgan fingerprint density at radius 2 is 1.91 bits per heavy atom. The summed E-state index contributed by atoms with van der Waals surface area (Å²) in [5, 5.41) is 3.32. The molecule has 0 saturated heterocycles. The van der Waals surface area contributed by atoms with Gasteiger partial charge in [0.25, 0.3) is 5.91 Å². The van der Waals surface area contributed by atoms with Gasteiger partial charge >= 0.3 is 5.97 Å². The molecule has 4 nitrogen and oxygen atoms in total. The fourth-order valence-electron chi connectivity index (χ4n) is 1.81. The molecular weight excluding hydrogens is 334 g/mol. The quantitative estimate of drug-likeness (QED) is 0.625. The molecule has 0 heterocycles. The summed E-state index contributed by atoms with van der Waals surface area (Å²) in [6.07, 6.45) is 0. The third-order valence-corrected chi connectivity index (χ3v) is 4.08. The minimum atomic E-state index is -0.240. The van der Waals surface area contributed by atoms with E-state index >= 15 is 0 Å². The molecule has 0 atom stereocenters. The number of carbonyl (C=O) groups is 2. The third-order valence-electron chi connectivity index (χ3n) is 2.86. The average molecular weight is 350 g/mol. The lowest BCUT2D eigenvalue weighted by Crippen LogP contribution is -2.11. The first-order chi connectivity index (χ1) is 11.1. The number of hydrogen-bond acceptors (Lipinski definition) is 4. The van der Waals surface area contributed by atoms with Crippen molar-refractivity contribution < 1.29 is 14.3 Å². The maximum atomic E-state index is 12.1. The summed E-state index contributed by atoms with van der Waals surface area (Å²) < 4.78 is 4.87. The summed E-state index contributed by atoms with van der Waals surface area (Å²) in [7, 11) is 0. The molecule has 0 aromatic heterocycles. The SMILES string of the molecule is CCOC(=O)CSc1ccc(NC(=O)c2cccc(Cl)c2)cc1. The van der Waals surface area contributed by atoms with Crippen LogP contribution < -0.4 is 5.32 Å². The number of nitrogens with one attached hydrogen (secondary N) is 1. The Labute approximate surface area is 144 Å². The van der Waals surface area contributed by atoms with E-state index in [1.54, 1.807) is 43.3 Å². The summed E-state index contributed by atoms with van der Waals surface area (Å²) in [6, 6.07) is 14.0. The van der Waals surface area contributed by atoms with E-state index in [1.807, 2.05) is 12.1 Å². The molecule has 0 aliphatic rings. The highest BCUT2D eigenvalue weighted by Gasteiger charge is 2.07. The van der Waals surface area contributed by atoms with E-state index in [0.29, 0.717) is 22.9 Å². The summed E-state index contributed by atoms with van der Waals surface area (Å²) in [5.41, 5.74) is 1.17. The zero-order valence-electron chi connectivity index (χ0n) is 12.5. The minimum Gasteiger partial charge on any atom is -0.465 e. The fraction of sp³-hybridized carbons (Fsp3) is 0.176. The highest BCUT2D eigenvalue weighted by Crippen LogP contribution is 2.21. The van der Waals surface area contributed by atoms with Crippen LogP contribution in [0.15, 0.2) is 53.4 Å².